The molecule has 0 amide bonds. The zero-order valence-corrected chi connectivity index (χ0v) is 23.5. The van der Waals surface area contributed by atoms with E-state index in [0.717, 1.165) is 42.3 Å². The standard InChI is InChI=1S/C37H29N3S/c1-3-11-24(12-4-1)29-22-31(34-30-17-9-10-18-32(30)41-33(34)23-29)37-39-35(26-14-5-2-6-15-26)38-36(40-37)28-20-19-25-13-7-8-16-27(25)21-28/h1-5,7-14,16-21,23,30-32H,6,15,22H2. The average molecular weight is 548 g/mol. The Balaban J connectivity index is 1.30. The number of thioether (sulfide) groups is 1. The molecule has 4 heteroatoms. The second kappa shape index (κ2) is 10.3. The number of allylic oxidation sites excluding steroid dienone is 10. The van der Waals surface area contributed by atoms with Crippen LogP contribution in [0.1, 0.15) is 42.4 Å². The van der Waals surface area contributed by atoms with Crippen molar-refractivity contribution in [2.75, 3.05) is 0 Å². The van der Waals surface area contributed by atoms with Gasteiger partial charge in [0, 0.05) is 27.6 Å². The van der Waals surface area contributed by atoms with Crippen LogP contribution in [-0.2, 0) is 0 Å². The summed E-state index contributed by atoms with van der Waals surface area (Å²) in [5, 5.41) is 2.84. The molecule has 8 rings (SSSR count). The van der Waals surface area contributed by atoms with E-state index in [1.54, 1.807) is 0 Å². The molecular weight excluding hydrogens is 518 g/mol. The zero-order valence-electron chi connectivity index (χ0n) is 22.7. The SMILES string of the molecule is C1=CCCC(c2nc(-c3ccc4ccccc4c3)nc(C3CC(c4ccccc4)=CC4=C3C3C=CC=CC3S4)n2)=C1. The van der Waals surface area contributed by atoms with E-state index in [4.69, 9.17) is 15.0 Å². The molecule has 0 saturated heterocycles. The van der Waals surface area contributed by atoms with Gasteiger partial charge in [-0.05, 0) is 64.5 Å². The summed E-state index contributed by atoms with van der Waals surface area (Å²) in [5.41, 5.74) is 6.29. The smallest absolute Gasteiger partial charge is 0.163 e. The molecule has 0 bridgehead atoms. The maximum absolute atomic E-state index is 5.27. The Morgan fingerprint density at radius 1 is 0.707 bits per heavy atom. The Labute approximate surface area is 244 Å². The highest BCUT2D eigenvalue weighted by atomic mass is 32.2. The minimum absolute atomic E-state index is 0.0875. The predicted octanol–water partition coefficient (Wildman–Crippen LogP) is 9.11. The number of benzene rings is 3. The second-order valence-electron chi connectivity index (χ2n) is 11.1. The molecule has 4 aromatic rings. The lowest BCUT2D eigenvalue weighted by Crippen LogP contribution is -2.21. The molecule has 3 unspecified atom stereocenters. The van der Waals surface area contributed by atoms with Crippen LogP contribution in [-0.4, -0.2) is 20.2 Å². The average Bonchev–Trinajstić information content (AvgIpc) is 3.43. The van der Waals surface area contributed by atoms with Crippen molar-refractivity contribution in [1.29, 1.82) is 0 Å². The molecule has 0 radical (unpaired) electrons. The van der Waals surface area contributed by atoms with Gasteiger partial charge in [-0.15, -0.1) is 11.8 Å². The third-order valence-corrected chi connectivity index (χ3v) is 9.84. The van der Waals surface area contributed by atoms with E-state index in [1.807, 2.05) is 11.8 Å². The van der Waals surface area contributed by atoms with Crippen LogP contribution in [0.25, 0.3) is 33.3 Å². The second-order valence-corrected chi connectivity index (χ2v) is 12.3. The summed E-state index contributed by atoms with van der Waals surface area (Å²) < 4.78 is 0. The van der Waals surface area contributed by atoms with Crippen LogP contribution in [0.15, 0.2) is 132 Å². The maximum atomic E-state index is 5.27. The van der Waals surface area contributed by atoms with E-state index < -0.39 is 0 Å². The highest BCUT2D eigenvalue weighted by molar-refractivity contribution is 8.04. The number of rotatable bonds is 4. The fourth-order valence-electron chi connectivity index (χ4n) is 6.45. The van der Waals surface area contributed by atoms with Crippen molar-refractivity contribution in [3.63, 3.8) is 0 Å². The molecule has 1 aromatic heterocycles. The molecule has 3 nitrogen and oxygen atoms in total. The molecule has 4 aliphatic rings. The van der Waals surface area contributed by atoms with E-state index in [1.165, 1.54) is 38.0 Å². The van der Waals surface area contributed by atoms with Crippen LogP contribution in [0.5, 0.6) is 0 Å². The molecule has 1 aliphatic heterocycles. The maximum Gasteiger partial charge on any atom is 0.163 e. The topological polar surface area (TPSA) is 38.7 Å². The molecule has 3 aliphatic carbocycles. The summed E-state index contributed by atoms with van der Waals surface area (Å²) in [4.78, 5) is 17.0. The molecule has 41 heavy (non-hydrogen) atoms. The van der Waals surface area contributed by atoms with E-state index in [9.17, 15) is 0 Å². The highest BCUT2D eigenvalue weighted by Gasteiger charge is 2.41. The molecule has 3 atom stereocenters. The van der Waals surface area contributed by atoms with Crippen LogP contribution in [0.3, 0.4) is 0 Å². The molecule has 198 valence electrons. The third-order valence-electron chi connectivity index (χ3n) is 8.51. The van der Waals surface area contributed by atoms with Gasteiger partial charge in [0.25, 0.3) is 0 Å². The summed E-state index contributed by atoms with van der Waals surface area (Å²) >= 11 is 1.98. The van der Waals surface area contributed by atoms with Crippen molar-refractivity contribution in [2.24, 2.45) is 5.92 Å². The van der Waals surface area contributed by atoms with Crippen molar-refractivity contribution in [3.05, 3.63) is 149 Å². The van der Waals surface area contributed by atoms with Gasteiger partial charge in [-0.3, -0.25) is 0 Å². The van der Waals surface area contributed by atoms with E-state index >= 15 is 0 Å². The lowest BCUT2D eigenvalue weighted by atomic mass is 9.76. The van der Waals surface area contributed by atoms with Crippen LogP contribution >= 0.6 is 11.8 Å². The first-order valence-electron chi connectivity index (χ1n) is 14.4. The largest absolute Gasteiger partial charge is 0.213 e. The van der Waals surface area contributed by atoms with Gasteiger partial charge in [-0.2, -0.15) is 0 Å². The molecular formula is C37H29N3S. The van der Waals surface area contributed by atoms with Crippen molar-refractivity contribution in [3.8, 4) is 11.4 Å². The van der Waals surface area contributed by atoms with Crippen molar-refractivity contribution in [2.45, 2.75) is 30.4 Å². The fraction of sp³-hybridized carbons (Fsp3) is 0.162. The normalized spacial score (nSPS) is 22.9. The monoisotopic (exact) mass is 547 g/mol. The first-order chi connectivity index (χ1) is 20.3. The van der Waals surface area contributed by atoms with Gasteiger partial charge in [0.05, 0.1) is 0 Å². The highest BCUT2D eigenvalue weighted by Crippen LogP contribution is 2.55. The zero-order chi connectivity index (χ0) is 27.2. The molecule has 0 fully saturated rings. The van der Waals surface area contributed by atoms with Crippen molar-refractivity contribution in [1.82, 2.24) is 15.0 Å². The van der Waals surface area contributed by atoms with Crippen LogP contribution in [0.4, 0.5) is 0 Å². The molecule has 3 aromatic carbocycles. The minimum atomic E-state index is 0.0875. The summed E-state index contributed by atoms with van der Waals surface area (Å²) in [6.07, 6.45) is 20.9. The van der Waals surface area contributed by atoms with Crippen molar-refractivity contribution < 1.29 is 0 Å². The van der Waals surface area contributed by atoms with Gasteiger partial charge < -0.3 is 0 Å². The first-order valence-corrected chi connectivity index (χ1v) is 15.3. The van der Waals surface area contributed by atoms with Crippen LogP contribution < -0.4 is 0 Å². The summed E-state index contributed by atoms with van der Waals surface area (Å²) in [6, 6.07) is 25.8. The Bertz CT molecular complexity index is 1860. The van der Waals surface area contributed by atoms with Gasteiger partial charge in [0.1, 0.15) is 5.82 Å². The Hall–Kier alpha value is -4.28. The molecule has 0 N–H and O–H groups in total. The molecule has 0 spiro atoms. The number of hydrogen-bond donors (Lipinski definition) is 0. The van der Waals surface area contributed by atoms with Crippen LogP contribution in [0.2, 0.25) is 0 Å². The number of hydrogen-bond acceptors (Lipinski definition) is 4. The minimum Gasteiger partial charge on any atom is -0.213 e. The molecule has 0 saturated carbocycles. The summed E-state index contributed by atoms with van der Waals surface area (Å²) in [6.45, 7) is 0. The molecule has 2 heterocycles. The summed E-state index contributed by atoms with van der Waals surface area (Å²) in [5.74, 6) is 2.89. The van der Waals surface area contributed by atoms with E-state index in [0.29, 0.717) is 11.2 Å². The van der Waals surface area contributed by atoms with Gasteiger partial charge in [0.2, 0.25) is 0 Å². The Morgan fingerprint density at radius 2 is 1.54 bits per heavy atom. The lowest BCUT2D eigenvalue weighted by molar-refractivity contribution is 0.641. The van der Waals surface area contributed by atoms with Gasteiger partial charge in [0.15, 0.2) is 11.6 Å². The number of nitrogens with zero attached hydrogens (tertiary/aromatic N) is 3. The quantitative estimate of drug-likeness (QED) is 0.255. The predicted molar refractivity (Wildman–Crippen MR) is 171 cm³/mol. The van der Waals surface area contributed by atoms with Gasteiger partial charge in [-0.25, -0.2) is 15.0 Å². The van der Waals surface area contributed by atoms with Crippen molar-refractivity contribution >= 4 is 33.7 Å². The van der Waals surface area contributed by atoms with Gasteiger partial charge in [-0.1, -0.05) is 109 Å². The number of fused-ring (bicyclic) bond motifs is 3. The van der Waals surface area contributed by atoms with Crippen LogP contribution in [0, 0.1) is 5.92 Å². The number of aromatic nitrogens is 3. The Morgan fingerprint density at radius 3 is 2.41 bits per heavy atom. The van der Waals surface area contributed by atoms with E-state index in [2.05, 4.69) is 121 Å². The van der Waals surface area contributed by atoms with E-state index in [-0.39, 0.29) is 5.92 Å². The third kappa shape index (κ3) is 4.53. The van der Waals surface area contributed by atoms with Gasteiger partial charge >= 0.3 is 0 Å². The first kappa shape index (κ1) is 24.5. The summed E-state index contributed by atoms with van der Waals surface area (Å²) in [7, 11) is 0. The fourth-order valence-corrected chi connectivity index (χ4v) is 7.92. The Kier molecular flexibility index (Phi) is 6.15. The lowest BCUT2D eigenvalue weighted by Gasteiger charge is -2.28.